The summed E-state index contributed by atoms with van der Waals surface area (Å²) in [7, 11) is 0. The summed E-state index contributed by atoms with van der Waals surface area (Å²) in [6.07, 6.45) is 2.14. The summed E-state index contributed by atoms with van der Waals surface area (Å²) in [5.41, 5.74) is 2.71. The van der Waals surface area contributed by atoms with Gasteiger partial charge in [0.15, 0.2) is 0 Å². The number of amides is 3. The first kappa shape index (κ1) is 35.3. The van der Waals surface area contributed by atoms with E-state index in [0.29, 0.717) is 31.6 Å². The fraction of sp³-hybridized carbons (Fsp3) is 0.389. The summed E-state index contributed by atoms with van der Waals surface area (Å²) in [4.78, 5) is 53.2. The molecule has 3 N–H and O–H groups in total. The van der Waals surface area contributed by atoms with Crippen LogP contribution in [0.5, 0.6) is 0 Å². The minimum absolute atomic E-state index is 0.0553. The molecule has 0 heterocycles. The van der Waals surface area contributed by atoms with Gasteiger partial charge in [0.1, 0.15) is 24.7 Å². The maximum atomic E-state index is 13.7. The molecule has 0 aliphatic rings. The lowest BCUT2D eigenvalue weighted by molar-refractivity contribution is -0.149. The monoisotopic (exact) mass is 633 g/mol. The Morgan fingerprint density at radius 2 is 1.22 bits per heavy atom. The van der Waals surface area contributed by atoms with Crippen LogP contribution >= 0.6 is 11.6 Å². The number of nitrogens with one attached hydrogen (secondary N) is 3. The highest BCUT2D eigenvalue weighted by molar-refractivity contribution is 6.17. The molecule has 0 radical (unpaired) electrons. The molecule has 3 amide bonds. The number of carbonyl (C=O) groups excluding carboxylic acids is 4. The minimum Gasteiger partial charge on any atom is -0.459 e. The number of esters is 1. The molecule has 0 saturated heterocycles. The summed E-state index contributed by atoms with van der Waals surface area (Å²) in [6.45, 7) is 3.96. The van der Waals surface area contributed by atoms with Gasteiger partial charge in [-0.05, 0) is 48.3 Å². The molecule has 0 aliphatic heterocycles. The van der Waals surface area contributed by atoms with Crippen molar-refractivity contribution >= 4 is 35.3 Å². The molecule has 0 spiro atoms. The maximum Gasteiger partial charge on any atom is 0.329 e. The summed E-state index contributed by atoms with van der Waals surface area (Å²) < 4.78 is 5.60. The zero-order chi connectivity index (χ0) is 32.4. The third-order valence-corrected chi connectivity index (χ3v) is 7.47. The van der Waals surface area contributed by atoms with Gasteiger partial charge in [-0.1, -0.05) is 105 Å². The Bertz CT molecular complexity index is 1340. The molecule has 45 heavy (non-hydrogen) atoms. The van der Waals surface area contributed by atoms with E-state index in [0.717, 1.165) is 16.7 Å². The number of carbonyl (C=O) groups is 4. The molecule has 0 fully saturated rings. The van der Waals surface area contributed by atoms with Gasteiger partial charge >= 0.3 is 5.97 Å². The Hall–Kier alpha value is -4.17. The highest BCUT2D eigenvalue weighted by atomic mass is 35.5. The van der Waals surface area contributed by atoms with E-state index >= 15 is 0 Å². The highest BCUT2D eigenvalue weighted by Crippen LogP contribution is 2.12. The van der Waals surface area contributed by atoms with E-state index in [1.807, 2.05) is 105 Å². The van der Waals surface area contributed by atoms with E-state index in [9.17, 15) is 19.2 Å². The van der Waals surface area contributed by atoms with Gasteiger partial charge in [0.05, 0.1) is 0 Å². The molecule has 0 unspecified atom stereocenters. The summed E-state index contributed by atoms with van der Waals surface area (Å²) in [6, 6.07) is 25.6. The smallest absolute Gasteiger partial charge is 0.329 e. The van der Waals surface area contributed by atoms with Crippen molar-refractivity contribution in [3.8, 4) is 0 Å². The molecule has 8 nitrogen and oxygen atoms in total. The summed E-state index contributed by atoms with van der Waals surface area (Å²) in [5, 5.41) is 8.54. The first-order chi connectivity index (χ1) is 21.7. The largest absolute Gasteiger partial charge is 0.459 e. The van der Waals surface area contributed by atoms with Crippen LogP contribution in [-0.2, 0) is 43.4 Å². The Kier molecular flexibility index (Phi) is 15.1. The van der Waals surface area contributed by atoms with E-state index in [1.165, 1.54) is 0 Å². The van der Waals surface area contributed by atoms with Gasteiger partial charge in [-0.25, -0.2) is 4.79 Å². The first-order valence-corrected chi connectivity index (χ1v) is 16.0. The SMILES string of the molecule is CC(C)C[C@H](NC(=O)[C@H](CCc1ccccc1)NC(=O)CCCCl)C(=O)N[C@@H](Cc1ccccc1)C(=O)OCc1ccccc1. The van der Waals surface area contributed by atoms with E-state index in [4.69, 9.17) is 16.3 Å². The van der Waals surface area contributed by atoms with Crippen molar-refractivity contribution in [2.45, 2.75) is 77.1 Å². The minimum atomic E-state index is -0.973. The topological polar surface area (TPSA) is 114 Å². The van der Waals surface area contributed by atoms with Gasteiger partial charge in [0.25, 0.3) is 0 Å². The van der Waals surface area contributed by atoms with Gasteiger partial charge in [-0.15, -0.1) is 11.6 Å². The number of aryl methyl sites for hydroxylation is 1. The van der Waals surface area contributed by atoms with Crippen molar-refractivity contribution in [2.75, 3.05) is 5.88 Å². The quantitative estimate of drug-likeness (QED) is 0.133. The second-order valence-electron chi connectivity index (χ2n) is 11.5. The fourth-order valence-electron chi connectivity index (χ4n) is 4.84. The van der Waals surface area contributed by atoms with Gasteiger partial charge in [0, 0.05) is 18.7 Å². The van der Waals surface area contributed by atoms with Gasteiger partial charge < -0.3 is 20.7 Å². The lowest BCUT2D eigenvalue weighted by atomic mass is 10.00. The van der Waals surface area contributed by atoms with Crippen LogP contribution in [0.2, 0.25) is 0 Å². The molecule has 3 aromatic carbocycles. The number of benzene rings is 3. The van der Waals surface area contributed by atoms with Crippen molar-refractivity contribution in [1.29, 1.82) is 0 Å². The van der Waals surface area contributed by atoms with E-state index in [-0.39, 0.29) is 31.3 Å². The first-order valence-electron chi connectivity index (χ1n) is 15.5. The third-order valence-electron chi connectivity index (χ3n) is 7.20. The van der Waals surface area contributed by atoms with Crippen LogP contribution in [0.15, 0.2) is 91.0 Å². The average Bonchev–Trinajstić information content (AvgIpc) is 3.05. The summed E-state index contributed by atoms with van der Waals surface area (Å²) in [5.74, 6) is -1.42. The number of hydrogen-bond acceptors (Lipinski definition) is 5. The number of halogens is 1. The van der Waals surface area contributed by atoms with Gasteiger partial charge in [-0.3, -0.25) is 14.4 Å². The zero-order valence-corrected chi connectivity index (χ0v) is 26.8. The van der Waals surface area contributed by atoms with Crippen molar-refractivity contribution in [1.82, 2.24) is 16.0 Å². The molecule has 9 heteroatoms. The lowest BCUT2D eigenvalue weighted by Crippen LogP contribution is -2.56. The molecular formula is C36H44ClN3O5. The van der Waals surface area contributed by atoms with Crippen molar-refractivity contribution < 1.29 is 23.9 Å². The zero-order valence-electron chi connectivity index (χ0n) is 26.0. The Morgan fingerprint density at radius 3 is 1.80 bits per heavy atom. The van der Waals surface area contributed by atoms with Crippen LogP contribution in [0, 0.1) is 5.92 Å². The molecule has 0 saturated carbocycles. The van der Waals surface area contributed by atoms with Gasteiger partial charge in [0.2, 0.25) is 17.7 Å². The number of rotatable bonds is 18. The van der Waals surface area contributed by atoms with Crippen LogP contribution in [-0.4, -0.2) is 47.7 Å². The van der Waals surface area contributed by atoms with Crippen LogP contribution in [0.4, 0.5) is 0 Å². The Labute approximate surface area is 271 Å². The van der Waals surface area contributed by atoms with Crippen molar-refractivity contribution in [3.63, 3.8) is 0 Å². The van der Waals surface area contributed by atoms with Crippen LogP contribution in [0.3, 0.4) is 0 Å². The second kappa shape index (κ2) is 19.3. The molecule has 3 aromatic rings. The second-order valence-corrected chi connectivity index (χ2v) is 11.8. The van der Waals surface area contributed by atoms with Gasteiger partial charge in [-0.2, -0.15) is 0 Å². The molecule has 240 valence electrons. The molecule has 3 atom stereocenters. The number of ether oxygens (including phenoxy) is 1. The normalized spacial score (nSPS) is 12.9. The van der Waals surface area contributed by atoms with Crippen LogP contribution in [0.1, 0.15) is 56.2 Å². The predicted molar refractivity (Wildman–Crippen MR) is 176 cm³/mol. The fourth-order valence-corrected chi connectivity index (χ4v) is 4.97. The third kappa shape index (κ3) is 13.2. The van der Waals surface area contributed by atoms with E-state index < -0.39 is 35.9 Å². The Morgan fingerprint density at radius 1 is 0.689 bits per heavy atom. The van der Waals surface area contributed by atoms with E-state index in [1.54, 1.807) is 0 Å². The predicted octanol–water partition coefficient (Wildman–Crippen LogP) is 5.12. The van der Waals surface area contributed by atoms with Crippen molar-refractivity contribution in [2.24, 2.45) is 5.92 Å². The van der Waals surface area contributed by atoms with E-state index in [2.05, 4.69) is 16.0 Å². The molecule has 0 aliphatic carbocycles. The van der Waals surface area contributed by atoms with Crippen LogP contribution < -0.4 is 16.0 Å². The summed E-state index contributed by atoms with van der Waals surface area (Å²) >= 11 is 5.77. The highest BCUT2D eigenvalue weighted by Gasteiger charge is 2.31. The molecular weight excluding hydrogens is 590 g/mol. The molecule has 0 bridgehead atoms. The molecule has 0 aromatic heterocycles. The Balaban J connectivity index is 1.75. The number of alkyl halides is 1. The maximum absolute atomic E-state index is 13.7. The average molecular weight is 634 g/mol. The standard InChI is InChI=1S/C36H44ClN3O5/c1-26(2)23-31(39-34(42)30(38-33(41)19-12-22-37)21-20-27-13-6-3-7-14-27)35(43)40-32(24-28-15-8-4-9-16-28)36(44)45-25-29-17-10-5-11-18-29/h3-11,13-18,26,30-32H,12,19-25H2,1-2H3,(H,38,41)(H,39,42)(H,40,43)/t30-,31-,32-/m0/s1. The van der Waals surface area contributed by atoms with Crippen LogP contribution in [0.25, 0.3) is 0 Å². The molecule has 3 rings (SSSR count). The number of hydrogen-bond donors (Lipinski definition) is 3. The van der Waals surface area contributed by atoms with Crippen molar-refractivity contribution in [3.05, 3.63) is 108 Å². The lowest BCUT2D eigenvalue weighted by Gasteiger charge is -2.26.